The zero-order valence-electron chi connectivity index (χ0n) is 14.4. The number of hydrogen-bond donors (Lipinski definition) is 1. The second kappa shape index (κ2) is 7.68. The van der Waals surface area contributed by atoms with Crippen LogP contribution in [0.5, 0.6) is 0 Å². The van der Waals surface area contributed by atoms with Crippen molar-refractivity contribution in [1.29, 1.82) is 0 Å². The average Bonchev–Trinajstić information content (AvgIpc) is 2.61. The Bertz CT molecular complexity index is 886. The summed E-state index contributed by atoms with van der Waals surface area (Å²) in [5.41, 5.74) is 1.78. The summed E-state index contributed by atoms with van der Waals surface area (Å²) in [6, 6.07) is 21.7. The summed E-state index contributed by atoms with van der Waals surface area (Å²) in [5.74, 6) is -0.116. The molecule has 0 saturated heterocycles. The number of nitrogens with one attached hydrogen (secondary N) is 1. The quantitative estimate of drug-likeness (QED) is 0.731. The molecule has 0 aliphatic carbocycles. The third kappa shape index (κ3) is 4.01. The van der Waals surface area contributed by atoms with Crippen LogP contribution in [0.3, 0.4) is 0 Å². The molecule has 0 heterocycles. The van der Waals surface area contributed by atoms with Crippen LogP contribution in [0.4, 0.5) is 0 Å². The molecule has 0 spiro atoms. The summed E-state index contributed by atoms with van der Waals surface area (Å²) in [5, 5.41) is 6.00. The molecule has 0 unspecified atom stereocenters. The highest BCUT2D eigenvalue weighted by Gasteiger charge is 2.18. The predicted molar refractivity (Wildman–Crippen MR) is 104 cm³/mol. The summed E-state index contributed by atoms with van der Waals surface area (Å²) < 4.78 is 0. The molecular weight excluding hydrogens is 332 g/mol. The lowest BCUT2D eigenvalue weighted by Gasteiger charge is -2.26. The number of carbonyl (C=O) groups excluding carboxylic acids is 1. The van der Waals surface area contributed by atoms with Gasteiger partial charge in [-0.2, -0.15) is 0 Å². The second-order valence-corrected chi connectivity index (χ2v) is 6.70. The number of carbonyl (C=O) groups is 1. The minimum Gasteiger partial charge on any atom is -0.350 e. The summed E-state index contributed by atoms with van der Waals surface area (Å²) >= 11 is 5.98. The largest absolute Gasteiger partial charge is 0.350 e. The van der Waals surface area contributed by atoms with Crippen molar-refractivity contribution in [2.45, 2.75) is 6.04 Å². The molecule has 0 radical (unpaired) electrons. The molecule has 0 saturated carbocycles. The van der Waals surface area contributed by atoms with Gasteiger partial charge < -0.3 is 10.2 Å². The van der Waals surface area contributed by atoms with Crippen molar-refractivity contribution in [1.82, 2.24) is 10.2 Å². The molecule has 1 amide bonds. The molecule has 3 aromatic rings. The normalized spacial score (nSPS) is 12.3. The fourth-order valence-corrected chi connectivity index (χ4v) is 3.22. The second-order valence-electron chi connectivity index (χ2n) is 6.27. The smallest absolute Gasteiger partial charge is 0.251 e. The molecule has 0 bridgehead atoms. The number of rotatable bonds is 5. The number of likely N-dealkylation sites (N-methyl/N-ethyl adjacent to an activating group) is 1. The van der Waals surface area contributed by atoms with E-state index in [4.69, 9.17) is 11.6 Å². The van der Waals surface area contributed by atoms with E-state index in [0.717, 1.165) is 0 Å². The maximum Gasteiger partial charge on any atom is 0.251 e. The van der Waals surface area contributed by atoms with E-state index in [9.17, 15) is 4.79 Å². The first-order valence-electron chi connectivity index (χ1n) is 8.24. The van der Waals surface area contributed by atoms with Gasteiger partial charge in [-0.25, -0.2) is 0 Å². The van der Waals surface area contributed by atoms with Crippen LogP contribution in [0.15, 0.2) is 66.7 Å². The molecule has 4 heteroatoms. The lowest BCUT2D eigenvalue weighted by Crippen LogP contribution is -2.34. The van der Waals surface area contributed by atoms with Crippen LogP contribution < -0.4 is 5.32 Å². The molecule has 128 valence electrons. The van der Waals surface area contributed by atoms with Gasteiger partial charge in [0, 0.05) is 17.1 Å². The van der Waals surface area contributed by atoms with Crippen LogP contribution in [0.1, 0.15) is 22.0 Å². The van der Waals surface area contributed by atoms with Crippen LogP contribution in [-0.2, 0) is 0 Å². The Morgan fingerprint density at radius 1 is 1.04 bits per heavy atom. The Morgan fingerprint density at radius 2 is 1.76 bits per heavy atom. The molecule has 0 aromatic heterocycles. The van der Waals surface area contributed by atoms with Crippen molar-refractivity contribution in [2.75, 3.05) is 20.6 Å². The van der Waals surface area contributed by atoms with Gasteiger partial charge in [-0.05, 0) is 48.6 Å². The third-order valence-electron chi connectivity index (χ3n) is 4.35. The molecule has 0 aliphatic rings. The summed E-state index contributed by atoms with van der Waals surface area (Å²) in [6.07, 6.45) is 0. The molecule has 25 heavy (non-hydrogen) atoms. The van der Waals surface area contributed by atoms with Crippen LogP contribution >= 0.6 is 11.6 Å². The third-order valence-corrected chi connectivity index (χ3v) is 4.58. The lowest BCUT2D eigenvalue weighted by atomic mass is 9.98. The minimum absolute atomic E-state index is 0.0780. The first-order chi connectivity index (χ1) is 12.1. The SMILES string of the molecule is CN(C)[C@@H](CNC(=O)c1cccc(Cl)c1)c1cccc2ccccc12. The van der Waals surface area contributed by atoms with Gasteiger partial charge in [-0.15, -0.1) is 0 Å². The highest BCUT2D eigenvalue weighted by atomic mass is 35.5. The number of amides is 1. The van der Waals surface area contributed by atoms with Crippen molar-refractivity contribution < 1.29 is 4.79 Å². The standard InChI is InChI=1S/C21H21ClN2O/c1-24(2)20(14-23-21(25)16-9-5-10-17(22)13-16)19-12-6-8-15-7-3-4-11-18(15)19/h3-13,20H,14H2,1-2H3,(H,23,25)/t20-/m0/s1. The van der Waals surface area contributed by atoms with Crippen molar-refractivity contribution in [2.24, 2.45) is 0 Å². The first kappa shape index (κ1) is 17.5. The maximum atomic E-state index is 12.4. The Kier molecular flexibility index (Phi) is 5.37. The van der Waals surface area contributed by atoms with E-state index >= 15 is 0 Å². The molecule has 3 aromatic carbocycles. The number of fused-ring (bicyclic) bond motifs is 1. The van der Waals surface area contributed by atoms with Gasteiger partial charge in [0.1, 0.15) is 0 Å². The molecule has 3 rings (SSSR count). The van der Waals surface area contributed by atoms with E-state index < -0.39 is 0 Å². The fraction of sp³-hybridized carbons (Fsp3) is 0.190. The van der Waals surface area contributed by atoms with Gasteiger partial charge >= 0.3 is 0 Å². The Hall–Kier alpha value is -2.36. The topological polar surface area (TPSA) is 32.3 Å². The monoisotopic (exact) mass is 352 g/mol. The van der Waals surface area contributed by atoms with E-state index in [1.54, 1.807) is 24.3 Å². The molecule has 1 atom stereocenters. The van der Waals surface area contributed by atoms with E-state index in [1.807, 2.05) is 26.2 Å². The number of halogens is 1. The highest BCUT2D eigenvalue weighted by Crippen LogP contribution is 2.26. The Morgan fingerprint density at radius 3 is 2.52 bits per heavy atom. The van der Waals surface area contributed by atoms with Crippen LogP contribution in [0.25, 0.3) is 10.8 Å². The highest BCUT2D eigenvalue weighted by molar-refractivity contribution is 6.30. The van der Waals surface area contributed by atoms with Crippen molar-refractivity contribution in [3.8, 4) is 0 Å². The number of hydrogen-bond acceptors (Lipinski definition) is 2. The molecule has 3 nitrogen and oxygen atoms in total. The summed E-state index contributed by atoms with van der Waals surface area (Å²) in [4.78, 5) is 14.6. The molecule has 0 fully saturated rings. The van der Waals surface area contributed by atoms with Gasteiger partial charge in [0.2, 0.25) is 0 Å². The number of benzene rings is 3. The van der Waals surface area contributed by atoms with Crippen LogP contribution in [-0.4, -0.2) is 31.4 Å². The minimum atomic E-state index is -0.116. The van der Waals surface area contributed by atoms with Gasteiger partial charge in [0.15, 0.2) is 0 Å². The van der Waals surface area contributed by atoms with E-state index in [0.29, 0.717) is 17.1 Å². The van der Waals surface area contributed by atoms with Gasteiger partial charge in [-0.3, -0.25) is 4.79 Å². The predicted octanol–water partition coefficient (Wildman–Crippen LogP) is 4.53. The van der Waals surface area contributed by atoms with Crippen molar-refractivity contribution in [3.63, 3.8) is 0 Å². The van der Waals surface area contributed by atoms with Crippen LogP contribution in [0, 0.1) is 0 Å². The zero-order valence-corrected chi connectivity index (χ0v) is 15.1. The Labute approximate surface area is 153 Å². The lowest BCUT2D eigenvalue weighted by molar-refractivity contribution is 0.0942. The summed E-state index contributed by atoms with van der Waals surface area (Å²) in [6.45, 7) is 0.520. The van der Waals surface area contributed by atoms with E-state index in [1.165, 1.54) is 16.3 Å². The molecular formula is C21H21ClN2O. The van der Waals surface area contributed by atoms with Crippen LogP contribution in [0.2, 0.25) is 5.02 Å². The van der Waals surface area contributed by atoms with Gasteiger partial charge in [-0.1, -0.05) is 60.1 Å². The number of nitrogens with zero attached hydrogens (tertiary/aromatic N) is 1. The molecule has 0 aliphatic heterocycles. The van der Waals surface area contributed by atoms with Crippen molar-refractivity contribution in [3.05, 3.63) is 82.9 Å². The maximum absolute atomic E-state index is 12.4. The zero-order chi connectivity index (χ0) is 17.8. The average molecular weight is 353 g/mol. The van der Waals surface area contributed by atoms with E-state index in [-0.39, 0.29) is 11.9 Å². The van der Waals surface area contributed by atoms with E-state index in [2.05, 4.69) is 40.5 Å². The first-order valence-corrected chi connectivity index (χ1v) is 8.62. The van der Waals surface area contributed by atoms with Crippen molar-refractivity contribution >= 4 is 28.3 Å². The summed E-state index contributed by atoms with van der Waals surface area (Å²) in [7, 11) is 4.05. The molecule has 1 N–H and O–H groups in total. The Balaban J connectivity index is 1.83. The fourth-order valence-electron chi connectivity index (χ4n) is 3.03. The van der Waals surface area contributed by atoms with Gasteiger partial charge in [0.05, 0.1) is 6.04 Å². The van der Waals surface area contributed by atoms with Gasteiger partial charge in [0.25, 0.3) is 5.91 Å².